The van der Waals surface area contributed by atoms with E-state index < -0.39 is 0 Å². The molecule has 1 atom stereocenters. The molecule has 3 N–H and O–H groups in total. The zero-order valence-corrected chi connectivity index (χ0v) is 11.8. The number of hydrogen-bond donors (Lipinski definition) is 2. The predicted molar refractivity (Wildman–Crippen MR) is 76.1 cm³/mol. The lowest BCUT2D eigenvalue weighted by atomic mass is 10.0. The first-order valence-corrected chi connectivity index (χ1v) is 6.67. The van der Waals surface area contributed by atoms with E-state index in [9.17, 15) is 4.79 Å². The number of hydrogen-bond acceptors (Lipinski definition) is 5. The van der Waals surface area contributed by atoms with Crippen LogP contribution in [0.1, 0.15) is 37.6 Å². The van der Waals surface area contributed by atoms with Gasteiger partial charge in [-0.25, -0.2) is 9.78 Å². The SMILES string of the molecule is CCOC(=O)c1cccnc1NC(CN)CC(C)C. The molecule has 5 heteroatoms. The van der Waals surface area contributed by atoms with Crippen molar-refractivity contribution < 1.29 is 9.53 Å². The number of rotatable bonds is 7. The second-order valence-electron chi connectivity index (χ2n) is 4.83. The molecule has 1 unspecified atom stereocenters. The molecule has 0 bridgehead atoms. The fourth-order valence-electron chi connectivity index (χ4n) is 1.87. The van der Waals surface area contributed by atoms with E-state index in [-0.39, 0.29) is 12.0 Å². The topological polar surface area (TPSA) is 77.2 Å². The number of nitrogens with zero attached hydrogens (tertiary/aromatic N) is 1. The molecule has 0 fully saturated rings. The van der Waals surface area contributed by atoms with Crippen LogP contribution in [0.3, 0.4) is 0 Å². The van der Waals surface area contributed by atoms with Crippen LogP contribution in [0.25, 0.3) is 0 Å². The Morgan fingerprint density at radius 3 is 2.84 bits per heavy atom. The summed E-state index contributed by atoms with van der Waals surface area (Å²) >= 11 is 0. The highest BCUT2D eigenvalue weighted by atomic mass is 16.5. The average molecular weight is 265 g/mol. The first kappa shape index (κ1) is 15.4. The third-order valence-corrected chi connectivity index (χ3v) is 2.68. The van der Waals surface area contributed by atoms with Gasteiger partial charge in [-0.1, -0.05) is 13.8 Å². The predicted octanol–water partition coefficient (Wildman–Crippen LogP) is 2.04. The summed E-state index contributed by atoms with van der Waals surface area (Å²) in [4.78, 5) is 16.0. The highest BCUT2D eigenvalue weighted by Crippen LogP contribution is 2.16. The van der Waals surface area contributed by atoms with Gasteiger partial charge in [0.25, 0.3) is 0 Å². The molecule has 0 aliphatic carbocycles. The number of anilines is 1. The minimum Gasteiger partial charge on any atom is -0.462 e. The summed E-state index contributed by atoms with van der Waals surface area (Å²) < 4.78 is 5.01. The molecule has 0 saturated carbocycles. The van der Waals surface area contributed by atoms with Gasteiger partial charge in [0, 0.05) is 18.8 Å². The van der Waals surface area contributed by atoms with E-state index in [1.165, 1.54) is 0 Å². The van der Waals surface area contributed by atoms with Crippen LogP contribution in [-0.2, 0) is 4.74 Å². The standard InChI is InChI=1S/C14H23N3O2/c1-4-19-14(18)12-6-5-7-16-13(12)17-11(9-15)8-10(2)3/h5-7,10-11H,4,8-9,15H2,1-3H3,(H,16,17). The molecule has 1 rings (SSSR count). The minimum atomic E-state index is -0.363. The van der Waals surface area contributed by atoms with E-state index >= 15 is 0 Å². The van der Waals surface area contributed by atoms with E-state index in [4.69, 9.17) is 10.5 Å². The lowest BCUT2D eigenvalue weighted by Crippen LogP contribution is -2.31. The van der Waals surface area contributed by atoms with Crippen LogP contribution in [0.5, 0.6) is 0 Å². The van der Waals surface area contributed by atoms with Crippen molar-refractivity contribution in [1.29, 1.82) is 0 Å². The summed E-state index contributed by atoms with van der Waals surface area (Å²) in [5.74, 6) is 0.700. The van der Waals surface area contributed by atoms with Gasteiger partial charge in [-0.3, -0.25) is 0 Å². The Labute approximate surface area is 114 Å². The third-order valence-electron chi connectivity index (χ3n) is 2.68. The number of nitrogens with one attached hydrogen (secondary N) is 1. The molecule has 0 aliphatic heterocycles. The number of nitrogens with two attached hydrogens (primary N) is 1. The van der Waals surface area contributed by atoms with Gasteiger partial charge < -0.3 is 15.8 Å². The van der Waals surface area contributed by atoms with Gasteiger partial charge in [0.1, 0.15) is 11.4 Å². The fraction of sp³-hybridized carbons (Fsp3) is 0.571. The summed E-state index contributed by atoms with van der Waals surface area (Å²) in [6.45, 7) is 6.89. The molecule has 0 aliphatic rings. The fourth-order valence-corrected chi connectivity index (χ4v) is 1.87. The van der Waals surface area contributed by atoms with Gasteiger partial charge >= 0.3 is 5.97 Å². The van der Waals surface area contributed by atoms with Crippen molar-refractivity contribution >= 4 is 11.8 Å². The first-order valence-electron chi connectivity index (χ1n) is 6.67. The highest BCUT2D eigenvalue weighted by molar-refractivity contribution is 5.94. The van der Waals surface area contributed by atoms with E-state index in [1.54, 1.807) is 25.3 Å². The van der Waals surface area contributed by atoms with Crippen LogP contribution in [0.4, 0.5) is 5.82 Å². The van der Waals surface area contributed by atoms with Crippen LogP contribution in [-0.4, -0.2) is 30.1 Å². The minimum absolute atomic E-state index is 0.100. The van der Waals surface area contributed by atoms with Crippen molar-refractivity contribution in [2.24, 2.45) is 11.7 Å². The van der Waals surface area contributed by atoms with Gasteiger partial charge in [0.05, 0.1) is 6.61 Å². The molecular formula is C14H23N3O2. The van der Waals surface area contributed by atoms with Crippen LogP contribution in [0, 0.1) is 5.92 Å². The maximum absolute atomic E-state index is 11.8. The smallest absolute Gasteiger partial charge is 0.341 e. The molecule has 106 valence electrons. The van der Waals surface area contributed by atoms with E-state index in [0.29, 0.717) is 30.5 Å². The zero-order chi connectivity index (χ0) is 14.3. The van der Waals surface area contributed by atoms with Crippen LogP contribution < -0.4 is 11.1 Å². The Morgan fingerprint density at radius 1 is 1.53 bits per heavy atom. The molecule has 5 nitrogen and oxygen atoms in total. The summed E-state index contributed by atoms with van der Waals surface area (Å²) in [5, 5.41) is 3.23. The van der Waals surface area contributed by atoms with E-state index in [2.05, 4.69) is 24.1 Å². The molecule has 1 heterocycles. The van der Waals surface area contributed by atoms with Gasteiger partial charge in [0.15, 0.2) is 0 Å². The molecule has 0 saturated heterocycles. The monoisotopic (exact) mass is 265 g/mol. The number of aromatic nitrogens is 1. The molecule has 0 radical (unpaired) electrons. The Balaban J connectivity index is 2.84. The normalized spacial score (nSPS) is 12.3. The molecule has 0 amide bonds. The number of pyridine rings is 1. The lowest BCUT2D eigenvalue weighted by molar-refractivity contribution is 0.0527. The quantitative estimate of drug-likeness (QED) is 0.738. The van der Waals surface area contributed by atoms with Crippen LogP contribution in [0.15, 0.2) is 18.3 Å². The maximum atomic E-state index is 11.8. The van der Waals surface area contributed by atoms with Gasteiger partial charge in [-0.05, 0) is 31.4 Å². The number of carbonyl (C=O) groups is 1. The van der Waals surface area contributed by atoms with Crippen molar-refractivity contribution in [3.05, 3.63) is 23.9 Å². The molecular weight excluding hydrogens is 242 g/mol. The molecule has 0 spiro atoms. The average Bonchev–Trinajstić information content (AvgIpc) is 2.38. The van der Waals surface area contributed by atoms with Crippen LogP contribution in [0.2, 0.25) is 0 Å². The molecule has 19 heavy (non-hydrogen) atoms. The summed E-state index contributed by atoms with van der Waals surface area (Å²) in [7, 11) is 0. The summed E-state index contributed by atoms with van der Waals surface area (Å²) in [6, 6.07) is 3.52. The number of carbonyl (C=O) groups excluding carboxylic acids is 1. The second-order valence-corrected chi connectivity index (χ2v) is 4.83. The Kier molecular flexibility index (Phi) is 6.29. The molecule has 1 aromatic rings. The summed E-state index contributed by atoms with van der Waals surface area (Å²) in [6.07, 6.45) is 2.57. The Bertz CT molecular complexity index is 407. The number of ether oxygens (including phenoxy) is 1. The van der Waals surface area contributed by atoms with E-state index in [1.807, 2.05) is 0 Å². The third kappa shape index (κ3) is 4.87. The first-order chi connectivity index (χ1) is 9.08. The van der Waals surface area contributed by atoms with Crippen molar-refractivity contribution in [1.82, 2.24) is 4.98 Å². The Hall–Kier alpha value is -1.62. The lowest BCUT2D eigenvalue weighted by Gasteiger charge is -2.20. The highest BCUT2D eigenvalue weighted by Gasteiger charge is 2.16. The van der Waals surface area contributed by atoms with Gasteiger partial charge in [-0.15, -0.1) is 0 Å². The summed E-state index contributed by atoms with van der Waals surface area (Å²) in [5.41, 5.74) is 6.20. The maximum Gasteiger partial charge on any atom is 0.341 e. The molecule has 0 aromatic carbocycles. The van der Waals surface area contributed by atoms with Gasteiger partial charge in [0.2, 0.25) is 0 Å². The largest absolute Gasteiger partial charge is 0.462 e. The number of esters is 1. The van der Waals surface area contributed by atoms with Crippen molar-refractivity contribution in [3.63, 3.8) is 0 Å². The van der Waals surface area contributed by atoms with E-state index in [0.717, 1.165) is 6.42 Å². The molecule has 1 aromatic heterocycles. The van der Waals surface area contributed by atoms with Crippen molar-refractivity contribution in [2.75, 3.05) is 18.5 Å². The van der Waals surface area contributed by atoms with Crippen molar-refractivity contribution in [3.8, 4) is 0 Å². The van der Waals surface area contributed by atoms with Crippen LogP contribution >= 0.6 is 0 Å². The van der Waals surface area contributed by atoms with Gasteiger partial charge in [-0.2, -0.15) is 0 Å². The Morgan fingerprint density at radius 2 is 2.26 bits per heavy atom. The second kappa shape index (κ2) is 7.74. The zero-order valence-electron chi connectivity index (χ0n) is 11.8. The van der Waals surface area contributed by atoms with Crippen molar-refractivity contribution in [2.45, 2.75) is 33.2 Å².